The van der Waals surface area contributed by atoms with Crippen molar-refractivity contribution in [1.82, 2.24) is 0 Å². The number of rotatable bonds is 3. The van der Waals surface area contributed by atoms with E-state index in [9.17, 15) is 0 Å². The highest BCUT2D eigenvalue weighted by Crippen LogP contribution is 2.37. The highest BCUT2D eigenvalue weighted by atomic mass is 79.9. The van der Waals surface area contributed by atoms with Crippen LogP contribution in [0.15, 0.2) is 22.7 Å². The fraction of sp³-hybridized carbons (Fsp3) is 0.500. The second kappa shape index (κ2) is 4.05. The number of anilines is 2. The van der Waals surface area contributed by atoms with Gasteiger partial charge in [0.1, 0.15) is 0 Å². The van der Waals surface area contributed by atoms with Gasteiger partial charge in [-0.05, 0) is 43.9 Å². The van der Waals surface area contributed by atoms with Crippen molar-refractivity contribution in [1.29, 1.82) is 0 Å². The van der Waals surface area contributed by atoms with Gasteiger partial charge in [-0.25, -0.2) is 0 Å². The smallest absolute Gasteiger partial charge is 0.0600 e. The summed E-state index contributed by atoms with van der Waals surface area (Å²) in [4.78, 5) is 2.29. The Hall–Kier alpha value is -0.700. The van der Waals surface area contributed by atoms with Gasteiger partial charge >= 0.3 is 0 Å². The van der Waals surface area contributed by atoms with E-state index in [4.69, 9.17) is 5.73 Å². The number of nitrogen functional groups attached to an aromatic ring is 1. The zero-order chi connectivity index (χ0) is 11.0. The fourth-order valence-corrected chi connectivity index (χ4v) is 2.34. The van der Waals surface area contributed by atoms with Crippen molar-refractivity contribution in [3.8, 4) is 0 Å². The second-order valence-electron chi connectivity index (χ2n) is 4.39. The van der Waals surface area contributed by atoms with Crippen LogP contribution in [0.1, 0.15) is 19.8 Å². The van der Waals surface area contributed by atoms with Crippen molar-refractivity contribution >= 4 is 27.3 Å². The van der Waals surface area contributed by atoms with Crippen LogP contribution in [-0.2, 0) is 0 Å². The first-order valence-corrected chi connectivity index (χ1v) is 6.16. The maximum atomic E-state index is 6.01. The Morgan fingerprint density at radius 2 is 2.13 bits per heavy atom. The standard InChI is InChI=1S/C12H17BrN2/c1-8(9-3-4-9)15(2)12-6-5-10(13)7-11(12)14/h5-9H,3-4,14H2,1-2H3. The first-order valence-electron chi connectivity index (χ1n) is 5.37. The minimum atomic E-state index is 0.591. The van der Waals surface area contributed by atoms with Crippen LogP contribution in [0.5, 0.6) is 0 Å². The van der Waals surface area contributed by atoms with Crippen molar-refractivity contribution in [3.05, 3.63) is 22.7 Å². The molecule has 1 aliphatic rings. The molecule has 1 saturated carbocycles. The molecule has 0 aliphatic heterocycles. The van der Waals surface area contributed by atoms with Gasteiger partial charge in [0.05, 0.1) is 11.4 Å². The molecule has 2 N–H and O–H groups in total. The molecule has 1 fully saturated rings. The van der Waals surface area contributed by atoms with Crippen LogP contribution in [0.2, 0.25) is 0 Å². The lowest BCUT2D eigenvalue weighted by Crippen LogP contribution is -2.31. The Bertz CT molecular complexity index is 361. The molecule has 2 nitrogen and oxygen atoms in total. The van der Waals surface area contributed by atoms with Gasteiger partial charge in [0.2, 0.25) is 0 Å². The summed E-state index contributed by atoms with van der Waals surface area (Å²) in [5.41, 5.74) is 7.99. The average molecular weight is 269 g/mol. The van der Waals surface area contributed by atoms with E-state index in [2.05, 4.69) is 40.9 Å². The van der Waals surface area contributed by atoms with Gasteiger partial charge in [0.15, 0.2) is 0 Å². The summed E-state index contributed by atoms with van der Waals surface area (Å²) >= 11 is 3.43. The molecule has 1 atom stereocenters. The van der Waals surface area contributed by atoms with E-state index < -0.39 is 0 Å². The van der Waals surface area contributed by atoms with Crippen LogP contribution < -0.4 is 10.6 Å². The number of nitrogens with zero attached hydrogens (tertiary/aromatic N) is 1. The molecule has 0 aromatic heterocycles. The summed E-state index contributed by atoms with van der Waals surface area (Å²) in [5.74, 6) is 0.859. The molecule has 15 heavy (non-hydrogen) atoms. The highest BCUT2D eigenvalue weighted by Gasteiger charge is 2.31. The van der Waals surface area contributed by atoms with E-state index in [-0.39, 0.29) is 0 Å². The summed E-state index contributed by atoms with van der Waals surface area (Å²) in [5, 5.41) is 0. The molecule has 2 rings (SSSR count). The lowest BCUT2D eigenvalue weighted by molar-refractivity contribution is 0.610. The number of hydrogen-bond donors (Lipinski definition) is 1. The minimum absolute atomic E-state index is 0.591. The van der Waals surface area contributed by atoms with Crippen molar-refractivity contribution in [2.24, 2.45) is 5.92 Å². The quantitative estimate of drug-likeness (QED) is 0.853. The third-order valence-electron chi connectivity index (χ3n) is 3.28. The van der Waals surface area contributed by atoms with Crippen LogP contribution in [0.4, 0.5) is 11.4 Å². The summed E-state index contributed by atoms with van der Waals surface area (Å²) in [6.07, 6.45) is 2.73. The molecule has 0 bridgehead atoms. The Balaban J connectivity index is 2.20. The average Bonchev–Trinajstić information content (AvgIpc) is 2.99. The molecule has 0 saturated heterocycles. The molecule has 3 heteroatoms. The van der Waals surface area contributed by atoms with Crippen LogP contribution in [0, 0.1) is 5.92 Å². The predicted molar refractivity (Wildman–Crippen MR) is 69.1 cm³/mol. The molecular formula is C12H17BrN2. The topological polar surface area (TPSA) is 29.3 Å². The molecule has 1 unspecified atom stereocenters. The van der Waals surface area contributed by atoms with Crippen molar-refractivity contribution in [3.63, 3.8) is 0 Å². The van der Waals surface area contributed by atoms with Crippen LogP contribution in [0.3, 0.4) is 0 Å². The summed E-state index contributed by atoms with van der Waals surface area (Å²) in [6.45, 7) is 2.28. The highest BCUT2D eigenvalue weighted by molar-refractivity contribution is 9.10. The largest absolute Gasteiger partial charge is 0.397 e. The van der Waals surface area contributed by atoms with E-state index in [1.54, 1.807) is 0 Å². The lowest BCUT2D eigenvalue weighted by atomic mass is 10.1. The molecule has 0 amide bonds. The van der Waals surface area contributed by atoms with Crippen LogP contribution in [-0.4, -0.2) is 13.1 Å². The van der Waals surface area contributed by atoms with Gasteiger partial charge in [-0.1, -0.05) is 15.9 Å². The zero-order valence-electron chi connectivity index (χ0n) is 9.20. The molecule has 0 spiro atoms. The Kier molecular flexibility index (Phi) is 2.91. The minimum Gasteiger partial charge on any atom is -0.397 e. The van der Waals surface area contributed by atoms with E-state index in [0.717, 1.165) is 21.8 Å². The fourth-order valence-electron chi connectivity index (χ4n) is 1.96. The van der Waals surface area contributed by atoms with Crippen molar-refractivity contribution in [2.75, 3.05) is 17.7 Å². The Morgan fingerprint density at radius 1 is 1.47 bits per heavy atom. The summed E-state index contributed by atoms with van der Waals surface area (Å²) < 4.78 is 1.04. The van der Waals surface area contributed by atoms with Gasteiger partial charge in [0, 0.05) is 17.6 Å². The van der Waals surface area contributed by atoms with E-state index in [1.807, 2.05) is 12.1 Å². The molecular weight excluding hydrogens is 252 g/mol. The first-order chi connectivity index (χ1) is 7.09. The first kappa shape index (κ1) is 10.8. The van der Waals surface area contributed by atoms with Crippen molar-refractivity contribution in [2.45, 2.75) is 25.8 Å². The third-order valence-corrected chi connectivity index (χ3v) is 3.78. The lowest BCUT2D eigenvalue weighted by Gasteiger charge is -2.28. The molecule has 0 radical (unpaired) electrons. The van der Waals surface area contributed by atoms with Gasteiger partial charge in [-0.3, -0.25) is 0 Å². The monoisotopic (exact) mass is 268 g/mol. The van der Waals surface area contributed by atoms with E-state index in [1.165, 1.54) is 12.8 Å². The molecule has 1 aromatic rings. The van der Waals surface area contributed by atoms with Crippen LogP contribution in [0.25, 0.3) is 0 Å². The van der Waals surface area contributed by atoms with Gasteiger partial charge in [-0.2, -0.15) is 0 Å². The molecule has 1 aromatic carbocycles. The normalized spacial score (nSPS) is 17.5. The number of benzene rings is 1. The molecule has 1 aliphatic carbocycles. The second-order valence-corrected chi connectivity index (χ2v) is 5.31. The summed E-state index contributed by atoms with van der Waals surface area (Å²) in [6, 6.07) is 6.68. The van der Waals surface area contributed by atoms with Gasteiger partial charge in [0.25, 0.3) is 0 Å². The SMILES string of the molecule is CC(C1CC1)N(C)c1ccc(Br)cc1N. The third kappa shape index (κ3) is 2.28. The predicted octanol–water partition coefficient (Wildman–Crippen LogP) is 3.27. The summed E-state index contributed by atoms with van der Waals surface area (Å²) in [7, 11) is 2.13. The maximum absolute atomic E-state index is 6.01. The number of hydrogen-bond acceptors (Lipinski definition) is 2. The van der Waals surface area contributed by atoms with Gasteiger partial charge in [-0.15, -0.1) is 0 Å². The van der Waals surface area contributed by atoms with Crippen molar-refractivity contribution < 1.29 is 0 Å². The number of nitrogens with two attached hydrogens (primary N) is 1. The van der Waals surface area contributed by atoms with Crippen LogP contribution >= 0.6 is 15.9 Å². The maximum Gasteiger partial charge on any atom is 0.0600 e. The Morgan fingerprint density at radius 3 is 2.67 bits per heavy atom. The molecule has 0 heterocycles. The Labute approximate surface area is 99.6 Å². The number of halogens is 1. The molecule has 82 valence electrons. The zero-order valence-corrected chi connectivity index (χ0v) is 10.8. The van der Waals surface area contributed by atoms with E-state index in [0.29, 0.717) is 6.04 Å². The van der Waals surface area contributed by atoms with E-state index >= 15 is 0 Å². The van der Waals surface area contributed by atoms with Gasteiger partial charge < -0.3 is 10.6 Å².